The van der Waals surface area contributed by atoms with Crippen molar-refractivity contribution in [1.29, 1.82) is 0 Å². The minimum Gasteiger partial charge on any atom is -0.351 e. The lowest BCUT2D eigenvalue weighted by atomic mass is 9.85. The van der Waals surface area contributed by atoms with E-state index >= 15 is 0 Å². The Morgan fingerprint density at radius 1 is 1.09 bits per heavy atom. The summed E-state index contributed by atoms with van der Waals surface area (Å²) in [5.41, 5.74) is 1.98. The van der Waals surface area contributed by atoms with Crippen molar-refractivity contribution in [3.05, 3.63) is 72.8 Å². The minimum atomic E-state index is -0.778. The van der Waals surface area contributed by atoms with Gasteiger partial charge < -0.3 is 25.3 Å². The van der Waals surface area contributed by atoms with Crippen molar-refractivity contribution < 1.29 is 14.4 Å². The van der Waals surface area contributed by atoms with Crippen LogP contribution in [0.25, 0.3) is 0 Å². The normalized spacial score (nSPS) is 17.1. The summed E-state index contributed by atoms with van der Waals surface area (Å²) in [6.45, 7) is 7.17. The van der Waals surface area contributed by atoms with Crippen LogP contribution < -0.4 is 15.5 Å². The first-order valence-corrected chi connectivity index (χ1v) is 11.6. The maximum atomic E-state index is 13.6. The summed E-state index contributed by atoms with van der Waals surface area (Å²) in [6, 6.07) is 17.3. The zero-order valence-corrected chi connectivity index (χ0v) is 19.5. The highest BCUT2D eigenvalue weighted by molar-refractivity contribution is 5.97. The quantitative estimate of drug-likeness (QED) is 0.648. The van der Waals surface area contributed by atoms with E-state index in [-0.39, 0.29) is 24.4 Å². The molecule has 2 heterocycles. The molecule has 2 aliphatic heterocycles. The molecule has 0 saturated carbocycles. The van der Waals surface area contributed by atoms with E-state index in [4.69, 9.17) is 0 Å². The number of hydrogen-bond acceptors (Lipinski definition) is 4. The first kappa shape index (κ1) is 23.4. The SMILES string of the molecule is C=CCNC(=O)CN1CN(c2ccccc2)C2(CCN(C(=O)Nc3cccc(C)c3)CC2)C1=O. The molecule has 0 atom stereocenters. The zero-order chi connectivity index (χ0) is 24.1. The zero-order valence-electron chi connectivity index (χ0n) is 19.5. The highest BCUT2D eigenvalue weighted by Gasteiger charge is 2.54. The molecule has 0 aromatic heterocycles. The molecule has 2 N–H and O–H groups in total. The molecule has 0 radical (unpaired) electrons. The lowest BCUT2D eigenvalue weighted by Crippen LogP contribution is -2.58. The predicted octanol–water partition coefficient (Wildman–Crippen LogP) is 2.97. The smallest absolute Gasteiger partial charge is 0.321 e. The molecule has 1 spiro atoms. The van der Waals surface area contributed by atoms with E-state index in [0.717, 1.165) is 16.9 Å². The number of urea groups is 1. The van der Waals surface area contributed by atoms with Crippen molar-refractivity contribution >= 4 is 29.2 Å². The molecule has 0 aliphatic carbocycles. The molecular weight excluding hydrogens is 430 g/mol. The maximum absolute atomic E-state index is 13.6. The van der Waals surface area contributed by atoms with E-state index in [1.165, 1.54) is 0 Å². The molecule has 8 nitrogen and oxygen atoms in total. The third-order valence-electron chi connectivity index (χ3n) is 6.51. The topological polar surface area (TPSA) is 85.0 Å². The number of carbonyl (C=O) groups excluding carboxylic acids is 3. The minimum absolute atomic E-state index is 0.00465. The van der Waals surface area contributed by atoms with Gasteiger partial charge in [-0.3, -0.25) is 9.59 Å². The molecule has 4 amide bonds. The number of amides is 4. The highest BCUT2D eigenvalue weighted by Crippen LogP contribution is 2.39. The van der Waals surface area contributed by atoms with Crippen molar-refractivity contribution in [2.75, 3.05) is 43.1 Å². The van der Waals surface area contributed by atoms with Crippen LogP contribution in [-0.4, -0.2) is 66.0 Å². The third-order valence-corrected chi connectivity index (χ3v) is 6.51. The van der Waals surface area contributed by atoms with Crippen molar-refractivity contribution in [3.8, 4) is 0 Å². The summed E-state index contributed by atoms with van der Waals surface area (Å²) in [4.78, 5) is 44.3. The summed E-state index contributed by atoms with van der Waals surface area (Å²) in [6.07, 6.45) is 2.60. The van der Waals surface area contributed by atoms with Crippen molar-refractivity contribution in [3.63, 3.8) is 0 Å². The summed E-state index contributed by atoms with van der Waals surface area (Å²) < 4.78 is 0. The van der Waals surface area contributed by atoms with Gasteiger partial charge in [0.1, 0.15) is 12.1 Å². The molecule has 2 saturated heterocycles. The van der Waals surface area contributed by atoms with Crippen molar-refractivity contribution in [2.45, 2.75) is 25.3 Å². The van der Waals surface area contributed by atoms with Crippen molar-refractivity contribution in [2.24, 2.45) is 0 Å². The summed E-state index contributed by atoms with van der Waals surface area (Å²) in [5.74, 6) is -0.280. The monoisotopic (exact) mass is 461 g/mol. The number of nitrogens with zero attached hydrogens (tertiary/aromatic N) is 3. The van der Waals surface area contributed by atoms with Crippen LogP contribution in [0.5, 0.6) is 0 Å². The van der Waals surface area contributed by atoms with Gasteiger partial charge in [-0.25, -0.2) is 4.79 Å². The summed E-state index contributed by atoms with van der Waals surface area (Å²) in [5, 5.41) is 5.70. The molecule has 34 heavy (non-hydrogen) atoms. The molecule has 0 unspecified atom stereocenters. The highest BCUT2D eigenvalue weighted by atomic mass is 16.2. The van der Waals surface area contributed by atoms with E-state index < -0.39 is 5.54 Å². The van der Waals surface area contributed by atoms with Gasteiger partial charge in [0.25, 0.3) is 5.91 Å². The van der Waals surface area contributed by atoms with Crippen LogP contribution in [0.3, 0.4) is 0 Å². The van der Waals surface area contributed by atoms with E-state index in [1.54, 1.807) is 15.9 Å². The molecular formula is C26H31N5O3. The van der Waals surface area contributed by atoms with Crippen LogP contribution in [-0.2, 0) is 9.59 Å². The standard InChI is InChI=1S/C26H31N5O3/c1-3-14-27-23(32)18-30-19-31(22-10-5-4-6-11-22)26(24(30)33)12-15-29(16-13-26)25(34)28-21-9-7-8-20(2)17-21/h3-11,17H,1,12-16,18-19H2,2H3,(H,27,32)(H,28,34). The summed E-state index contributed by atoms with van der Waals surface area (Å²) in [7, 11) is 0. The molecule has 0 bridgehead atoms. The number of anilines is 2. The number of likely N-dealkylation sites (tertiary alicyclic amines) is 1. The Morgan fingerprint density at radius 3 is 2.50 bits per heavy atom. The fraction of sp³-hybridized carbons (Fsp3) is 0.346. The van der Waals surface area contributed by atoms with Gasteiger partial charge in [-0.1, -0.05) is 36.4 Å². The number of rotatable bonds is 6. The number of para-hydroxylation sites is 1. The first-order valence-electron chi connectivity index (χ1n) is 11.6. The largest absolute Gasteiger partial charge is 0.351 e. The second-order valence-corrected chi connectivity index (χ2v) is 8.82. The van der Waals surface area contributed by atoms with Gasteiger partial charge in [0.2, 0.25) is 5.91 Å². The molecule has 4 rings (SSSR count). The predicted molar refractivity (Wildman–Crippen MR) is 132 cm³/mol. The Hall–Kier alpha value is -3.81. The number of aryl methyl sites for hydroxylation is 1. The average molecular weight is 462 g/mol. The lowest BCUT2D eigenvalue weighted by Gasteiger charge is -2.43. The van der Waals surface area contributed by atoms with Crippen LogP contribution in [0.15, 0.2) is 67.3 Å². The van der Waals surface area contributed by atoms with Gasteiger partial charge in [0.05, 0.1) is 6.67 Å². The molecule has 178 valence electrons. The molecule has 2 fully saturated rings. The van der Waals surface area contributed by atoms with E-state index in [0.29, 0.717) is 39.1 Å². The van der Waals surface area contributed by atoms with E-state index in [9.17, 15) is 14.4 Å². The Morgan fingerprint density at radius 2 is 1.82 bits per heavy atom. The molecule has 2 aromatic carbocycles. The van der Waals surface area contributed by atoms with E-state index in [2.05, 4.69) is 22.1 Å². The van der Waals surface area contributed by atoms with Gasteiger partial charge in [0, 0.05) is 31.0 Å². The number of benzene rings is 2. The Balaban J connectivity index is 1.49. The van der Waals surface area contributed by atoms with E-state index in [1.807, 2.05) is 61.5 Å². The average Bonchev–Trinajstić information content (AvgIpc) is 3.09. The summed E-state index contributed by atoms with van der Waals surface area (Å²) >= 11 is 0. The number of hydrogen-bond donors (Lipinski definition) is 2. The molecule has 8 heteroatoms. The molecule has 2 aromatic rings. The van der Waals surface area contributed by atoms with Gasteiger partial charge >= 0.3 is 6.03 Å². The Bertz CT molecular complexity index is 1060. The van der Waals surface area contributed by atoms with Crippen LogP contribution in [0.2, 0.25) is 0 Å². The van der Waals surface area contributed by atoms with Crippen LogP contribution in [0.4, 0.5) is 16.2 Å². The lowest BCUT2D eigenvalue weighted by molar-refractivity contribution is -0.137. The van der Waals surface area contributed by atoms with Crippen molar-refractivity contribution in [1.82, 2.24) is 15.1 Å². The second-order valence-electron chi connectivity index (χ2n) is 8.82. The van der Waals surface area contributed by atoms with Gasteiger partial charge in [-0.05, 0) is 49.6 Å². The van der Waals surface area contributed by atoms with Gasteiger partial charge in [-0.15, -0.1) is 6.58 Å². The Labute approximate surface area is 200 Å². The number of carbonyl (C=O) groups is 3. The van der Waals surface area contributed by atoms with Crippen LogP contribution in [0.1, 0.15) is 18.4 Å². The fourth-order valence-corrected chi connectivity index (χ4v) is 4.74. The van der Waals surface area contributed by atoms with Crippen LogP contribution in [0, 0.1) is 6.92 Å². The molecule has 2 aliphatic rings. The maximum Gasteiger partial charge on any atom is 0.321 e. The second kappa shape index (κ2) is 9.99. The van der Waals surface area contributed by atoms with Gasteiger partial charge in [-0.2, -0.15) is 0 Å². The third kappa shape index (κ3) is 4.76. The Kier molecular flexibility index (Phi) is 6.86. The fourth-order valence-electron chi connectivity index (χ4n) is 4.74. The van der Waals surface area contributed by atoms with Crippen LogP contribution >= 0.6 is 0 Å². The number of piperidine rings is 1. The first-order chi connectivity index (χ1) is 16.4. The number of nitrogens with one attached hydrogen (secondary N) is 2. The van der Waals surface area contributed by atoms with Gasteiger partial charge in [0.15, 0.2) is 0 Å².